The van der Waals surface area contributed by atoms with E-state index < -0.39 is 0 Å². The number of rotatable bonds is 3. The van der Waals surface area contributed by atoms with Crippen molar-refractivity contribution in [1.82, 2.24) is 0 Å². The normalized spacial score (nSPS) is 9.83. The summed E-state index contributed by atoms with van der Waals surface area (Å²) in [5, 5.41) is 0. The maximum Gasteiger partial charge on any atom is 0.190 e. The first-order chi connectivity index (χ1) is 5.74. The van der Waals surface area contributed by atoms with Crippen LogP contribution in [0.5, 0.6) is 0 Å². The lowest BCUT2D eigenvalue weighted by atomic mass is 10.1. The zero-order chi connectivity index (χ0) is 8.97. The number of Topliss-reactive ketones (excluding diaryl/α,β-unsaturated/α-hetero) is 1. The third kappa shape index (κ3) is 2.41. The standard InChI is InChI=1S/C8H8BrNO2/c9-7-3-1-2-6(4-7)8(11)5-12-10/h1-4H,5,10H2. The average molecular weight is 230 g/mol. The third-order valence-electron chi connectivity index (χ3n) is 1.36. The summed E-state index contributed by atoms with van der Waals surface area (Å²) in [7, 11) is 0. The minimum atomic E-state index is -0.126. The summed E-state index contributed by atoms with van der Waals surface area (Å²) in [5.74, 6) is 4.65. The van der Waals surface area contributed by atoms with Crippen molar-refractivity contribution in [2.24, 2.45) is 5.90 Å². The molecule has 0 saturated carbocycles. The monoisotopic (exact) mass is 229 g/mol. The molecule has 12 heavy (non-hydrogen) atoms. The van der Waals surface area contributed by atoms with Crippen molar-refractivity contribution in [1.29, 1.82) is 0 Å². The first kappa shape index (κ1) is 9.38. The van der Waals surface area contributed by atoms with Gasteiger partial charge in [-0.1, -0.05) is 28.1 Å². The molecule has 1 aromatic carbocycles. The number of benzene rings is 1. The highest BCUT2D eigenvalue weighted by Gasteiger charge is 2.04. The molecule has 0 amide bonds. The van der Waals surface area contributed by atoms with Crippen LogP contribution >= 0.6 is 15.9 Å². The molecule has 0 spiro atoms. The molecule has 1 rings (SSSR count). The van der Waals surface area contributed by atoms with E-state index in [2.05, 4.69) is 20.8 Å². The number of halogens is 1. The smallest absolute Gasteiger partial charge is 0.190 e. The maximum atomic E-state index is 11.2. The third-order valence-corrected chi connectivity index (χ3v) is 1.85. The average Bonchev–Trinajstić information content (AvgIpc) is 2.05. The lowest BCUT2D eigenvalue weighted by Gasteiger charge is -1.98. The Balaban J connectivity index is 2.81. The van der Waals surface area contributed by atoms with E-state index in [4.69, 9.17) is 5.90 Å². The Morgan fingerprint density at radius 1 is 1.58 bits per heavy atom. The van der Waals surface area contributed by atoms with Crippen LogP contribution in [0.1, 0.15) is 10.4 Å². The predicted octanol–water partition coefficient (Wildman–Crippen LogP) is 1.52. The van der Waals surface area contributed by atoms with E-state index in [1.165, 1.54) is 0 Å². The number of carbonyl (C=O) groups is 1. The molecule has 3 nitrogen and oxygen atoms in total. The van der Waals surface area contributed by atoms with Gasteiger partial charge in [-0.15, -0.1) is 0 Å². The molecule has 2 N–H and O–H groups in total. The first-order valence-electron chi connectivity index (χ1n) is 3.34. The van der Waals surface area contributed by atoms with Crippen molar-refractivity contribution >= 4 is 21.7 Å². The fourth-order valence-electron chi connectivity index (χ4n) is 0.821. The summed E-state index contributed by atoms with van der Waals surface area (Å²) in [4.78, 5) is 15.4. The molecular formula is C8H8BrNO2. The zero-order valence-electron chi connectivity index (χ0n) is 6.29. The minimum Gasteiger partial charge on any atom is -0.296 e. The predicted molar refractivity (Wildman–Crippen MR) is 48.6 cm³/mol. The molecule has 0 radical (unpaired) electrons. The number of carbonyl (C=O) groups excluding carboxylic acids is 1. The zero-order valence-corrected chi connectivity index (χ0v) is 7.87. The number of hydrogen-bond acceptors (Lipinski definition) is 3. The number of nitrogens with two attached hydrogens (primary N) is 1. The van der Waals surface area contributed by atoms with E-state index in [9.17, 15) is 4.79 Å². The topological polar surface area (TPSA) is 52.3 Å². The van der Waals surface area contributed by atoms with Crippen LogP contribution in [0.25, 0.3) is 0 Å². The summed E-state index contributed by atoms with van der Waals surface area (Å²) in [5.41, 5.74) is 0.592. The fourth-order valence-corrected chi connectivity index (χ4v) is 1.22. The van der Waals surface area contributed by atoms with Gasteiger partial charge in [-0.3, -0.25) is 9.63 Å². The molecule has 0 heterocycles. The second kappa shape index (κ2) is 4.35. The molecule has 4 heteroatoms. The summed E-state index contributed by atoms with van der Waals surface area (Å²) >= 11 is 3.26. The highest BCUT2D eigenvalue weighted by Crippen LogP contribution is 2.11. The van der Waals surface area contributed by atoms with Crippen LogP contribution in [0.3, 0.4) is 0 Å². The maximum absolute atomic E-state index is 11.2. The Hall–Kier alpha value is -0.710. The largest absolute Gasteiger partial charge is 0.296 e. The molecule has 0 aliphatic carbocycles. The lowest BCUT2D eigenvalue weighted by Crippen LogP contribution is -2.12. The van der Waals surface area contributed by atoms with Gasteiger partial charge < -0.3 is 0 Å². The highest BCUT2D eigenvalue weighted by molar-refractivity contribution is 9.10. The van der Waals surface area contributed by atoms with Gasteiger partial charge in [0.15, 0.2) is 5.78 Å². The Bertz CT molecular complexity index is 288. The van der Waals surface area contributed by atoms with Crippen LogP contribution < -0.4 is 5.90 Å². The van der Waals surface area contributed by atoms with Crippen molar-refractivity contribution in [3.05, 3.63) is 34.3 Å². The van der Waals surface area contributed by atoms with Crippen LogP contribution in [-0.2, 0) is 4.84 Å². The second-order valence-electron chi connectivity index (χ2n) is 2.24. The molecule has 0 unspecified atom stereocenters. The number of hydrogen-bond donors (Lipinski definition) is 1. The Kier molecular flexibility index (Phi) is 3.40. The van der Waals surface area contributed by atoms with Crippen LogP contribution in [0.2, 0.25) is 0 Å². The van der Waals surface area contributed by atoms with Crippen LogP contribution in [0, 0.1) is 0 Å². The molecule has 0 fully saturated rings. The van der Waals surface area contributed by atoms with Gasteiger partial charge in [0.2, 0.25) is 0 Å². The van der Waals surface area contributed by atoms with Gasteiger partial charge in [-0.25, -0.2) is 5.90 Å². The highest BCUT2D eigenvalue weighted by atomic mass is 79.9. The van der Waals surface area contributed by atoms with Gasteiger partial charge in [0.1, 0.15) is 6.61 Å². The molecule has 1 aromatic rings. The van der Waals surface area contributed by atoms with Crippen LogP contribution in [0.4, 0.5) is 0 Å². The Morgan fingerprint density at radius 3 is 2.92 bits per heavy atom. The summed E-state index contributed by atoms with van der Waals surface area (Å²) in [6, 6.07) is 7.07. The van der Waals surface area contributed by atoms with Gasteiger partial charge in [-0.05, 0) is 12.1 Å². The molecule has 0 bridgehead atoms. The van der Waals surface area contributed by atoms with E-state index in [1.54, 1.807) is 18.2 Å². The van der Waals surface area contributed by atoms with E-state index in [0.717, 1.165) is 4.47 Å². The van der Waals surface area contributed by atoms with Crippen molar-refractivity contribution < 1.29 is 9.63 Å². The van der Waals surface area contributed by atoms with E-state index >= 15 is 0 Å². The van der Waals surface area contributed by atoms with Gasteiger partial charge in [0, 0.05) is 10.0 Å². The van der Waals surface area contributed by atoms with Crippen molar-refractivity contribution in [3.63, 3.8) is 0 Å². The van der Waals surface area contributed by atoms with E-state index in [0.29, 0.717) is 5.56 Å². The summed E-state index contributed by atoms with van der Waals surface area (Å²) in [6.07, 6.45) is 0. The quantitative estimate of drug-likeness (QED) is 0.632. The Labute approximate surface area is 78.6 Å². The molecular weight excluding hydrogens is 222 g/mol. The van der Waals surface area contributed by atoms with E-state index in [1.807, 2.05) is 6.07 Å². The van der Waals surface area contributed by atoms with E-state index in [-0.39, 0.29) is 12.4 Å². The van der Waals surface area contributed by atoms with Crippen molar-refractivity contribution in [3.8, 4) is 0 Å². The molecule has 0 aliphatic rings. The van der Waals surface area contributed by atoms with Gasteiger partial charge in [0.25, 0.3) is 0 Å². The second-order valence-corrected chi connectivity index (χ2v) is 3.16. The molecule has 0 aliphatic heterocycles. The first-order valence-corrected chi connectivity index (χ1v) is 4.14. The van der Waals surface area contributed by atoms with Crippen LogP contribution in [-0.4, -0.2) is 12.4 Å². The fraction of sp³-hybridized carbons (Fsp3) is 0.125. The Morgan fingerprint density at radius 2 is 2.33 bits per heavy atom. The van der Waals surface area contributed by atoms with Crippen molar-refractivity contribution in [2.75, 3.05) is 6.61 Å². The molecule has 0 saturated heterocycles. The minimum absolute atomic E-state index is 0.0869. The number of ketones is 1. The van der Waals surface area contributed by atoms with Gasteiger partial charge >= 0.3 is 0 Å². The van der Waals surface area contributed by atoms with Crippen LogP contribution in [0.15, 0.2) is 28.7 Å². The SMILES string of the molecule is NOCC(=O)c1cccc(Br)c1. The summed E-state index contributed by atoms with van der Waals surface area (Å²) < 4.78 is 0.866. The summed E-state index contributed by atoms with van der Waals surface area (Å²) in [6.45, 7) is -0.0869. The molecule has 64 valence electrons. The van der Waals surface area contributed by atoms with Gasteiger partial charge in [-0.2, -0.15) is 0 Å². The lowest BCUT2D eigenvalue weighted by molar-refractivity contribution is 0.0763. The van der Waals surface area contributed by atoms with Gasteiger partial charge in [0.05, 0.1) is 0 Å². The van der Waals surface area contributed by atoms with Crippen molar-refractivity contribution in [2.45, 2.75) is 0 Å². The molecule has 0 atom stereocenters. The molecule has 0 aromatic heterocycles.